The number of nitrogens with zero attached hydrogens (tertiary/aromatic N) is 1. The number of amides is 1. The molecule has 1 heterocycles. The molecule has 1 aliphatic rings. The Morgan fingerprint density at radius 1 is 1.29 bits per heavy atom. The van der Waals surface area contributed by atoms with Crippen LogP contribution in [-0.2, 0) is 26.1 Å². The lowest BCUT2D eigenvalue weighted by Crippen LogP contribution is -2.42. The number of hydrogen-bond acceptors (Lipinski definition) is 4. The number of carbonyl (C=O) groups is 2. The Hall–Kier alpha value is -1.73. The average Bonchev–Trinajstić information content (AvgIpc) is 2.48. The summed E-state index contributed by atoms with van der Waals surface area (Å²) in [5.41, 5.74) is 0.812. The lowest BCUT2D eigenvalue weighted by molar-refractivity contribution is -0.132. The average molecular weight is 311 g/mol. The standard InChI is InChI=1S/C14H17NO5S/c16-13(15-4-6-20-7-5-15)10-21(19)9-11-2-1-3-12(8-11)14(17)18/h1-3,8H,4-7,9-10H2,(H,17,18). The van der Waals surface area contributed by atoms with Crippen molar-refractivity contribution in [3.05, 3.63) is 35.4 Å². The van der Waals surface area contributed by atoms with Crippen LogP contribution in [0.2, 0.25) is 0 Å². The van der Waals surface area contributed by atoms with E-state index in [0.717, 1.165) is 0 Å². The van der Waals surface area contributed by atoms with E-state index in [0.29, 0.717) is 31.9 Å². The van der Waals surface area contributed by atoms with Gasteiger partial charge in [-0.25, -0.2) is 4.79 Å². The number of rotatable bonds is 5. The van der Waals surface area contributed by atoms with E-state index in [9.17, 15) is 13.8 Å². The fraction of sp³-hybridized carbons (Fsp3) is 0.429. The summed E-state index contributed by atoms with van der Waals surface area (Å²) in [6.45, 7) is 2.09. The molecule has 1 aromatic rings. The van der Waals surface area contributed by atoms with Gasteiger partial charge in [-0.1, -0.05) is 12.1 Å². The van der Waals surface area contributed by atoms with Gasteiger partial charge in [0, 0.05) is 29.6 Å². The Morgan fingerprint density at radius 2 is 2.00 bits per heavy atom. The quantitative estimate of drug-likeness (QED) is 0.855. The summed E-state index contributed by atoms with van der Waals surface area (Å²) >= 11 is 0. The third kappa shape index (κ3) is 4.64. The Kier molecular flexibility index (Phi) is 5.46. The van der Waals surface area contributed by atoms with Gasteiger partial charge in [0.2, 0.25) is 5.91 Å². The highest BCUT2D eigenvalue weighted by molar-refractivity contribution is 7.84. The van der Waals surface area contributed by atoms with Crippen LogP contribution in [0.5, 0.6) is 0 Å². The number of carboxylic acids is 1. The maximum atomic E-state index is 12.0. The van der Waals surface area contributed by atoms with Gasteiger partial charge in [0.1, 0.15) is 5.75 Å². The predicted octanol–water partition coefficient (Wildman–Crippen LogP) is 0.492. The van der Waals surface area contributed by atoms with Crippen molar-refractivity contribution in [2.24, 2.45) is 0 Å². The Balaban J connectivity index is 1.90. The van der Waals surface area contributed by atoms with Crippen LogP contribution < -0.4 is 0 Å². The van der Waals surface area contributed by atoms with Crippen LogP contribution in [0.25, 0.3) is 0 Å². The molecule has 1 atom stereocenters. The van der Waals surface area contributed by atoms with Gasteiger partial charge in [0.25, 0.3) is 0 Å². The monoisotopic (exact) mass is 311 g/mol. The molecular weight excluding hydrogens is 294 g/mol. The summed E-state index contributed by atoms with van der Waals surface area (Å²) < 4.78 is 17.2. The molecule has 1 fully saturated rings. The van der Waals surface area contributed by atoms with Crippen molar-refractivity contribution in [2.45, 2.75) is 5.75 Å². The molecule has 1 unspecified atom stereocenters. The molecule has 7 heteroatoms. The molecule has 0 aromatic heterocycles. The Labute approximate surface area is 125 Å². The number of morpholine rings is 1. The van der Waals surface area contributed by atoms with Crippen LogP contribution >= 0.6 is 0 Å². The van der Waals surface area contributed by atoms with E-state index in [-0.39, 0.29) is 23.0 Å². The van der Waals surface area contributed by atoms with Crippen molar-refractivity contribution in [1.29, 1.82) is 0 Å². The number of hydrogen-bond donors (Lipinski definition) is 1. The molecule has 0 bridgehead atoms. The van der Waals surface area contributed by atoms with Gasteiger partial charge in [-0.2, -0.15) is 0 Å². The van der Waals surface area contributed by atoms with Gasteiger partial charge in [0.15, 0.2) is 0 Å². The molecule has 2 rings (SSSR count). The van der Waals surface area contributed by atoms with Crippen LogP contribution in [0.15, 0.2) is 24.3 Å². The van der Waals surface area contributed by atoms with Gasteiger partial charge < -0.3 is 14.7 Å². The van der Waals surface area contributed by atoms with E-state index < -0.39 is 16.8 Å². The molecule has 1 amide bonds. The van der Waals surface area contributed by atoms with Crippen molar-refractivity contribution in [2.75, 3.05) is 32.1 Å². The van der Waals surface area contributed by atoms with Crippen LogP contribution in [0.1, 0.15) is 15.9 Å². The maximum absolute atomic E-state index is 12.0. The number of carboxylic acid groups (broad SMARTS) is 1. The first-order valence-electron chi connectivity index (χ1n) is 6.59. The zero-order chi connectivity index (χ0) is 15.2. The first-order chi connectivity index (χ1) is 10.1. The van der Waals surface area contributed by atoms with Crippen molar-refractivity contribution in [3.8, 4) is 0 Å². The molecule has 1 aromatic carbocycles. The van der Waals surface area contributed by atoms with Gasteiger partial charge in [-0.15, -0.1) is 0 Å². The summed E-state index contributed by atoms with van der Waals surface area (Å²) in [6.07, 6.45) is 0. The maximum Gasteiger partial charge on any atom is 0.335 e. The lowest BCUT2D eigenvalue weighted by Gasteiger charge is -2.26. The second-order valence-electron chi connectivity index (χ2n) is 4.73. The number of carbonyl (C=O) groups excluding carboxylic acids is 1. The summed E-state index contributed by atoms with van der Waals surface area (Å²) in [4.78, 5) is 24.5. The molecule has 0 spiro atoms. The predicted molar refractivity (Wildman–Crippen MR) is 77.5 cm³/mol. The number of aromatic carboxylic acids is 1. The van der Waals surface area contributed by atoms with E-state index in [2.05, 4.69) is 0 Å². The summed E-state index contributed by atoms with van der Waals surface area (Å²) in [6, 6.07) is 6.29. The number of benzene rings is 1. The molecule has 1 aliphatic heterocycles. The van der Waals surface area contributed by atoms with Crippen molar-refractivity contribution < 1.29 is 23.6 Å². The third-order valence-corrected chi connectivity index (χ3v) is 4.37. The molecule has 0 radical (unpaired) electrons. The second-order valence-corrected chi connectivity index (χ2v) is 6.18. The highest BCUT2D eigenvalue weighted by Gasteiger charge is 2.19. The largest absolute Gasteiger partial charge is 0.478 e. The van der Waals surface area contributed by atoms with E-state index in [1.165, 1.54) is 12.1 Å². The minimum atomic E-state index is -1.35. The van der Waals surface area contributed by atoms with Gasteiger partial charge in [-0.3, -0.25) is 9.00 Å². The van der Waals surface area contributed by atoms with Gasteiger partial charge in [0.05, 0.1) is 18.8 Å². The molecule has 0 aliphatic carbocycles. The zero-order valence-corrected chi connectivity index (χ0v) is 12.3. The van der Waals surface area contributed by atoms with E-state index in [4.69, 9.17) is 9.84 Å². The highest BCUT2D eigenvalue weighted by Crippen LogP contribution is 2.09. The van der Waals surface area contributed by atoms with E-state index in [1.807, 2.05) is 0 Å². The van der Waals surface area contributed by atoms with Crippen LogP contribution in [0.3, 0.4) is 0 Å². The third-order valence-electron chi connectivity index (χ3n) is 3.15. The molecule has 0 saturated carbocycles. The van der Waals surface area contributed by atoms with Crippen LogP contribution in [0.4, 0.5) is 0 Å². The molecular formula is C14H17NO5S. The first-order valence-corrected chi connectivity index (χ1v) is 8.08. The lowest BCUT2D eigenvalue weighted by atomic mass is 10.1. The second kappa shape index (κ2) is 7.33. The van der Waals surface area contributed by atoms with Crippen molar-refractivity contribution >= 4 is 22.7 Å². The molecule has 6 nitrogen and oxygen atoms in total. The minimum absolute atomic E-state index is 0.0443. The summed E-state index contributed by atoms with van der Waals surface area (Å²) in [5.74, 6) is -1.04. The SMILES string of the molecule is O=C(O)c1cccc(CS(=O)CC(=O)N2CCOCC2)c1. The van der Waals surface area contributed by atoms with Crippen molar-refractivity contribution in [1.82, 2.24) is 4.90 Å². The zero-order valence-electron chi connectivity index (χ0n) is 11.5. The molecule has 1 saturated heterocycles. The minimum Gasteiger partial charge on any atom is -0.478 e. The Morgan fingerprint density at radius 3 is 2.67 bits per heavy atom. The molecule has 21 heavy (non-hydrogen) atoms. The fourth-order valence-corrected chi connectivity index (χ4v) is 3.18. The first kappa shape index (κ1) is 15.7. The van der Waals surface area contributed by atoms with E-state index >= 15 is 0 Å². The van der Waals surface area contributed by atoms with E-state index in [1.54, 1.807) is 17.0 Å². The van der Waals surface area contributed by atoms with Crippen LogP contribution in [-0.4, -0.2) is 58.1 Å². The number of ether oxygens (including phenoxy) is 1. The molecule has 114 valence electrons. The fourth-order valence-electron chi connectivity index (χ4n) is 2.07. The topological polar surface area (TPSA) is 83.9 Å². The smallest absolute Gasteiger partial charge is 0.335 e. The molecule has 1 N–H and O–H groups in total. The van der Waals surface area contributed by atoms with Gasteiger partial charge >= 0.3 is 5.97 Å². The summed E-state index contributed by atoms with van der Waals surface area (Å²) in [5, 5.41) is 8.91. The highest BCUT2D eigenvalue weighted by atomic mass is 32.2. The van der Waals surface area contributed by atoms with Gasteiger partial charge in [-0.05, 0) is 17.7 Å². The summed E-state index contributed by atoms with van der Waals surface area (Å²) in [7, 11) is -1.35. The normalized spacial score (nSPS) is 16.5. The van der Waals surface area contributed by atoms with Crippen LogP contribution in [0, 0.1) is 0 Å². The Bertz CT molecular complexity index is 554. The van der Waals surface area contributed by atoms with Crippen molar-refractivity contribution in [3.63, 3.8) is 0 Å².